The van der Waals surface area contributed by atoms with E-state index in [4.69, 9.17) is 0 Å². The van der Waals surface area contributed by atoms with Gasteiger partial charge in [0.15, 0.2) is 0 Å². The lowest BCUT2D eigenvalue weighted by Crippen LogP contribution is -2.32. The van der Waals surface area contributed by atoms with Crippen LogP contribution in [0.4, 0.5) is 24.7 Å². The quantitative estimate of drug-likeness (QED) is 0.327. The Morgan fingerprint density at radius 1 is 1.00 bits per heavy atom. The molecule has 0 bridgehead atoms. The minimum absolute atomic E-state index is 0.344. The number of aromatic nitrogens is 2. The number of rotatable bonds is 14. The zero-order valence-corrected chi connectivity index (χ0v) is 21.6. The van der Waals surface area contributed by atoms with Gasteiger partial charge in [0.25, 0.3) is 5.56 Å². The number of hydrogen-bond acceptors (Lipinski definition) is 6. The highest BCUT2D eigenvalue weighted by molar-refractivity contribution is 5.71. The summed E-state index contributed by atoms with van der Waals surface area (Å²) in [5.41, 5.74) is -0.113. The summed E-state index contributed by atoms with van der Waals surface area (Å²) >= 11 is 0. The van der Waals surface area contributed by atoms with Gasteiger partial charge >= 0.3 is 11.9 Å². The summed E-state index contributed by atoms with van der Waals surface area (Å²) in [7, 11) is 3.53. The molecular weight excluding hydrogens is 487 g/mol. The van der Waals surface area contributed by atoms with E-state index in [-0.39, 0.29) is 5.56 Å². The molecule has 0 saturated carbocycles. The Hall–Kier alpha value is -2.79. The van der Waals surface area contributed by atoms with Crippen LogP contribution in [-0.2, 0) is 19.8 Å². The number of halogens is 3. The molecule has 0 amide bonds. The molecule has 3 N–H and O–H groups in total. The van der Waals surface area contributed by atoms with Crippen molar-refractivity contribution in [2.75, 3.05) is 36.6 Å². The molecule has 0 spiro atoms. The van der Waals surface area contributed by atoms with Crippen molar-refractivity contribution in [2.24, 2.45) is 7.05 Å². The molecular formula is C26H38F3N5O3. The summed E-state index contributed by atoms with van der Waals surface area (Å²) in [6.07, 6.45) is 3.27. The van der Waals surface area contributed by atoms with Gasteiger partial charge in [-0.3, -0.25) is 14.3 Å². The predicted octanol–water partition coefficient (Wildman–Crippen LogP) is 3.58. The van der Waals surface area contributed by atoms with Crippen LogP contribution in [0.5, 0.6) is 0 Å². The summed E-state index contributed by atoms with van der Waals surface area (Å²) in [6.45, 7) is 2.21. The molecule has 1 aromatic heterocycles. The van der Waals surface area contributed by atoms with Gasteiger partial charge in [-0.25, -0.2) is 4.79 Å². The highest BCUT2D eigenvalue weighted by Crippen LogP contribution is 2.30. The molecule has 3 rings (SSSR count). The summed E-state index contributed by atoms with van der Waals surface area (Å²) in [5, 5.41) is 13.2. The zero-order chi connectivity index (χ0) is 27.0. The molecule has 1 aromatic carbocycles. The second-order valence-corrected chi connectivity index (χ2v) is 9.84. The largest absolute Gasteiger partial charge is 0.416 e. The van der Waals surface area contributed by atoms with Gasteiger partial charge in [0, 0.05) is 33.7 Å². The molecule has 206 valence electrons. The van der Waals surface area contributed by atoms with Crippen LogP contribution in [0.1, 0.15) is 62.5 Å². The molecule has 0 fully saturated rings. The van der Waals surface area contributed by atoms with Gasteiger partial charge in [0.05, 0.1) is 18.3 Å². The third kappa shape index (κ3) is 8.10. The van der Waals surface area contributed by atoms with Crippen LogP contribution in [0.15, 0.2) is 33.9 Å². The van der Waals surface area contributed by atoms with Gasteiger partial charge in [-0.05, 0) is 30.5 Å². The molecule has 11 heteroatoms. The molecule has 37 heavy (non-hydrogen) atoms. The van der Waals surface area contributed by atoms with Crippen LogP contribution in [0.3, 0.4) is 0 Å². The lowest BCUT2D eigenvalue weighted by atomic mass is 10.1. The van der Waals surface area contributed by atoms with Crippen molar-refractivity contribution in [1.82, 2.24) is 14.9 Å². The molecule has 8 nitrogen and oxygen atoms in total. The van der Waals surface area contributed by atoms with Gasteiger partial charge in [-0.1, -0.05) is 50.7 Å². The first kappa shape index (κ1) is 28.8. The molecule has 0 aliphatic carbocycles. The van der Waals surface area contributed by atoms with E-state index in [0.29, 0.717) is 37.7 Å². The van der Waals surface area contributed by atoms with Crippen molar-refractivity contribution in [1.29, 1.82) is 0 Å². The summed E-state index contributed by atoms with van der Waals surface area (Å²) in [4.78, 5) is 30.4. The number of H-pyrrole nitrogens is 1. The number of hydrogen-bond donors (Lipinski definition) is 3. The maximum absolute atomic E-state index is 12.6. The number of fused-ring (bicyclic) bond motifs is 1. The summed E-state index contributed by atoms with van der Waals surface area (Å²) in [6, 6.07) is 5.05. The normalized spacial score (nSPS) is 14.3. The van der Waals surface area contributed by atoms with Gasteiger partial charge in [0.2, 0.25) is 0 Å². The smallest absolute Gasteiger partial charge is 0.392 e. The number of aliphatic hydroxyl groups excluding tert-OH is 1. The number of aliphatic hydroxyl groups is 1. The average Bonchev–Trinajstić information content (AvgIpc) is 3.17. The van der Waals surface area contributed by atoms with E-state index in [9.17, 15) is 27.9 Å². The number of unbranched alkanes of at least 4 members (excludes halogenated alkanes) is 6. The van der Waals surface area contributed by atoms with Crippen LogP contribution < -0.4 is 26.4 Å². The molecule has 1 atom stereocenters. The van der Waals surface area contributed by atoms with E-state index in [1.807, 2.05) is 11.9 Å². The Morgan fingerprint density at radius 2 is 1.62 bits per heavy atom. The fourth-order valence-corrected chi connectivity index (χ4v) is 4.74. The van der Waals surface area contributed by atoms with Gasteiger partial charge in [0.1, 0.15) is 11.5 Å². The molecule has 0 saturated heterocycles. The lowest BCUT2D eigenvalue weighted by Gasteiger charge is -2.20. The third-order valence-electron chi connectivity index (χ3n) is 6.79. The molecule has 1 unspecified atom stereocenters. The SMILES string of the molecule is CN1CN(CCCCCCCCCC(O)CNCc2ccc(C(F)(F)F)cc2)c2c1c(=O)[nH]c(=O)n2C. The van der Waals surface area contributed by atoms with Gasteiger partial charge in [-0.2, -0.15) is 13.2 Å². The van der Waals surface area contributed by atoms with E-state index in [1.54, 1.807) is 7.05 Å². The molecule has 1 aliphatic heterocycles. The molecule has 2 aromatic rings. The van der Waals surface area contributed by atoms with E-state index in [1.165, 1.54) is 16.7 Å². The lowest BCUT2D eigenvalue weighted by molar-refractivity contribution is -0.137. The van der Waals surface area contributed by atoms with Crippen molar-refractivity contribution in [2.45, 2.75) is 70.2 Å². The first-order valence-corrected chi connectivity index (χ1v) is 12.9. The van der Waals surface area contributed by atoms with Crippen molar-refractivity contribution >= 4 is 11.5 Å². The molecule has 1 aliphatic rings. The second-order valence-electron chi connectivity index (χ2n) is 9.84. The topological polar surface area (TPSA) is 93.6 Å². The van der Waals surface area contributed by atoms with Crippen LogP contribution in [0.2, 0.25) is 0 Å². The van der Waals surface area contributed by atoms with E-state index in [2.05, 4.69) is 15.2 Å². The Morgan fingerprint density at radius 3 is 2.27 bits per heavy atom. The predicted molar refractivity (Wildman–Crippen MR) is 139 cm³/mol. The van der Waals surface area contributed by atoms with Crippen molar-refractivity contribution in [3.8, 4) is 0 Å². The number of benzene rings is 1. The zero-order valence-electron chi connectivity index (χ0n) is 21.6. The maximum Gasteiger partial charge on any atom is 0.416 e. The maximum atomic E-state index is 12.6. The Labute approximate surface area is 215 Å². The number of nitrogens with zero attached hydrogens (tertiary/aromatic N) is 3. The van der Waals surface area contributed by atoms with E-state index < -0.39 is 23.5 Å². The van der Waals surface area contributed by atoms with Crippen molar-refractivity contribution in [3.63, 3.8) is 0 Å². The number of alkyl halides is 3. The first-order chi connectivity index (χ1) is 17.6. The van der Waals surface area contributed by atoms with Gasteiger partial charge in [-0.15, -0.1) is 0 Å². The van der Waals surface area contributed by atoms with Crippen LogP contribution in [0, 0.1) is 0 Å². The molecule has 2 heterocycles. The summed E-state index contributed by atoms with van der Waals surface area (Å²) in [5.74, 6) is 0.684. The number of nitrogens with one attached hydrogen (secondary N) is 2. The number of aromatic amines is 1. The Balaban J connectivity index is 1.21. The van der Waals surface area contributed by atoms with E-state index >= 15 is 0 Å². The van der Waals surface area contributed by atoms with Crippen LogP contribution in [0.25, 0.3) is 0 Å². The average molecular weight is 526 g/mol. The standard InChI is InChI=1S/C26H38F3N5O3/c1-32-18-34(24-22(32)23(36)31-25(37)33(24)2)15-9-7-5-3-4-6-8-10-21(35)17-30-16-19-11-13-20(14-12-19)26(27,28)29/h11-14,21,30,35H,3-10,15-18H2,1-2H3,(H,31,36,37). The monoisotopic (exact) mass is 525 g/mol. The van der Waals surface area contributed by atoms with Crippen molar-refractivity contribution in [3.05, 3.63) is 56.2 Å². The minimum Gasteiger partial charge on any atom is -0.392 e. The Kier molecular flexibility index (Phi) is 10.2. The fourth-order valence-electron chi connectivity index (χ4n) is 4.74. The number of anilines is 2. The van der Waals surface area contributed by atoms with Crippen LogP contribution >= 0.6 is 0 Å². The highest BCUT2D eigenvalue weighted by Gasteiger charge is 2.30. The third-order valence-corrected chi connectivity index (χ3v) is 6.79. The van der Waals surface area contributed by atoms with Crippen LogP contribution in [-0.4, -0.2) is 47.6 Å². The summed E-state index contributed by atoms with van der Waals surface area (Å²) < 4.78 is 39.3. The highest BCUT2D eigenvalue weighted by atomic mass is 19.4. The van der Waals surface area contributed by atoms with Gasteiger partial charge < -0.3 is 20.2 Å². The first-order valence-electron chi connectivity index (χ1n) is 12.9. The van der Waals surface area contributed by atoms with E-state index in [0.717, 1.165) is 69.2 Å². The fraction of sp³-hybridized carbons (Fsp3) is 0.615. The second kappa shape index (κ2) is 13.1. The minimum atomic E-state index is -4.33. The Bertz CT molecular complexity index is 1110. The molecule has 0 radical (unpaired) electrons. The van der Waals surface area contributed by atoms with Crippen molar-refractivity contribution < 1.29 is 18.3 Å².